The van der Waals surface area contributed by atoms with Crippen molar-refractivity contribution in [3.8, 4) is 0 Å². The van der Waals surface area contributed by atoms with Gasteiger partial charge < -0.3 is 9.80 Å². The summed E-state index contributed by atoms with van der Waals surface area (Å²) in [5.74, 6) is 0.491. The topological polar surface area (TPSA) is 53.5 Å². The Morgan fingerprint density at radius 3 is 2.81 bits per heavy atom. The number of amides is 2. The van der Waals surface area contributed by atoms with Crippen molar-refractivity contribution in [3.63, 3.8) is 0 Å². The van der Waals surface area contributed by atoms with E-state index in [-0.39, 0.29) is 11.8 Å². The maximum atomic E-state index is 12.6. The molecule has 5 nitrogen and oxygen atoms in total. The highest BCUT2D eigenvalue weighted by Crippen LogP contribution is 2.35. The Hall–Kier alpha value is -2.38. The lowest BCUT2D eigenvalue weighted by Gasteiger charge is -2.29. The molecular formula is C20H19N3O2S2. The molecule has 7 heteroatoms. The van der Waals surface area contributed by atoms with Crippen molar-refractivity contribution in [1.82, 2.24) is 9.88 Å². The Bertz CT molecular complexity index is 969. The van der Waals surface area contributed by atoms with Crippen LogP contribution in [-0.4, -0.2) is 41.0 Å². The van der Waals surface area contributed by atoms with Crippen molar-refractivity contribution in [2.45, 2.75) is 17.9 Å². The van der Waals surface area contributed by atoms with Crippen molar-refractivity contribution in [3.05, 3.63) is 53.5 Å². The number of hydrogen-bond acceptors (Lipinski definition) is 5. The molecule has 2 heterocycles. The molecule has 0 bridgehead atoms. The first kappa shape index (κ1) is 18.0. The Morgan fingerprint density at radius 1 is 1.19 bits per heavy atom. The van der Waals surface area contributed by atoms with Gasteiger partial charge in [-0.05, 0) is 24.3 Å². The number of aromatic nitrogens is 1. The van der Waals surface area contributed by atoms with Crippen molar-refractivity contribution in [2.75, 3.05) is 24.2 Å². The van der Waals surface area contributed by atoms with Gasteiger partial charge in [0.15, 0.2) is 0 Å². The quantitative estimate of drug-likeness (QED) is 0.657. The molecule has 0 fully saturated rings. The summed E-state index contributed by atoms with van der Waals surface area (Å²) in [4.78, 5) is 34.0. The molecule has 0 spiro atoms. The third-order valence-electron chi connectivity index (χ3n) is 4.49. The Balaban J connectivity index is 1.39. The van der Waals surface area contributed by atoms with E-state index in [4.69, 9.17) is 0 Å². The van der Waals surface area contributed by atoms with Crippen LogP contribution in [0.4, 0.5) is 5.69 Å². The zero-order chi connectivity index (χ0) is 18.8. The van der Waals surface area contributed by atoms with Crippen LogP contribution in [-0.2, 0) is 16.1 Å². The van der Waals surface area contributed by atoms with Gasteiger partial charge >= 0.3 is 0 Å². The fourth-order valence-corrected chi connectivity index (χ4v) is 5.03. The zero-order valence-corrected chi connectivity index (χ0v) is 16.6. The summed E-state index contributed by atoms with van der Waals surface area (Å²) < 4.78 is 1.13. The van der Waals surface area contributed by atoms with E-state index in [0.717, 1.165) is 25.8 Å². The maximum absolute atomic E-state index is 12.6. The number of thioether (sulfide) groups is 1. The van der Waals surface area contributed by atoms with Crippen molar-refractivity contribution < 1.29 is 9.59 Å². The van der Waals surface area contributed by atoms with Crippen LogP contribution in [0, 0.1) is 0 Å². The predicted molar refractivity (Wildman–Crippen MR) is 110 cm³/mol. The molecule has 0 unspecified atom stereocenters. The lowest BCUT2D eigenvalue weighted by Crippen LogP contribution is -2.38. The number of fused-ring (bicyclic) bond motifs is 2. The summed E-state index contributed by atoms with van der Waals surface area (Å²) in [5, 5.41) is 0.919. The lowest BCUT2D eigenvalue weighted by atomic mass is 10.2. The van der Waals surface area contributed by atoms with Crippen LogP contribution < -0.4 is 4.90 Å². The molecule has 0 radical (unpaired) electrons. The molecule has 1 aromatic heterocycles. The third-order valence-corrected chi connectivity index (χ3v) is 6.56. The highest BCUT2D eigenvalue weighted by molar-refractivity contribution is 8.00. The molecule has 3 aromatic rings. The summed E-state index contributed by atoms with van der Waals surface area (Å²) >= 11 is 3.16. The molecule has 138 valence electrons. The molecule has 1 aliphatic heterocycles. The van der Waals surface area contributed by atoms with E-state index in [9.17, 15) is 9.59 Å². The average molecular weight is 398 g/mol. The predicted octanol–water partition coefficient (Wildman–Crippen LogP) is 3.78. The second-order valence-corrected chi connectivity index (χ2v) is 8.51. The number of carbonyl (C=O) groups is 2. The molecule has 2 aromatic carbocycles. The first-order valence-corrected chi connectivity index (χ1v) is 10.5. The van der Waals surface area contributed by atoms with Crippen LogP contribution in [0.3, 0.4) is 0 Å². The largest absolute Gasteiger partial charge is 0.339 e. The third kappa shape index (κ3) is 3.84. The van der Waals surface area contributed by atoms with Crippen LogP contribution in [0.2, 0.25) is 0 Å². The number of thiazole rings is 1. The van der Waals surface area contributed by atoms with Crippen LogP contribution in [0.1, 0.15) is 11.4 Å². The van der Waals surface area contributed by atoms with Crippen molar-refractivity contribution in [2.24, 2.45) is 0 Å². The summed E-state index contributed by atoms with van der Waals surface area (Å²) in [6.45, 7) is 0.887. The normalized spacial score (nSPS) is 13.7. The number of hydrogen-bond donors (Lipinski definition) is 0. The van der Waals surface area contributed by atoms with E-state index < -0.39 is 0 Å². The molecule has 1 aliphatic rings. The van der Waals surface area contributed by atoms with Gasteiger partial charge in [0, 0.05) is 24.9 Å². The molecule has 4 rings (SSSR count). The van der Waals surface area contributed by atoms with Gasteiger partial charge in [-0.1, -0.05) is 24.3 Å². The van der Waals surface area contributed by atoms with Gasteiger partial charge in [0.05, 0.1) is 28.2 Å². The fraction of sp³-hybridized carbons (Fsp3) is 0.250. The Morgan fingerprint density at radius 2 is 1.96 bits per heavy atom. The summed E-state index contributed by atoms with van der Waals surface area (Å²) in [7, 11) is 1.79. The first-order chi connectivity index (χ1) is 13.1. The molecular weight excluding hydrogens is 378 g/mol. The Kier molecular flexibility index (Phi) is 5.13. The summed E-state index contributed by atoms with van der Waals surface area (Å²) in [6.07, 6.45) is 0.298. The minimum Gasteiger partial charge on any atom is -0.339 e. The van der Waals surface area contributed by atoms with E-state index in [1.165, 1.54) is 0 Å². The molecule has 2 amide bonds. The summed E-state index contributed by atoms with van der Waals surface area (Å²) in [5.41, 5.74) is 1.87. The summed E-state index contributed by atoms with van der Waals surface area (Å²) in [6, 6.07) is 15.8. The average Bonchev–Trinajstić information content (AvgIpc) is 3.09. The van der Waals surface area contributed by atoms with Gasteiger partial charge in [0.2, 0.25) is 11.8 Å². The van der Waals surface area contributed by atoms with E-state index >= 15 is 0 Å². The van der Waals surface area contributed by atoms with Crippen LogP contribution in [0.15, 0.2) is 53.4 Å². The first-order valence-electron chi connectivity index (χ1n) is 8.72. The Labute approximate surface area is 166 Å². The van der Waals surface area contributed by atoms with Gasteiger partial charge in [-0.2, -0.15) is 0 Å². The molecule has 0 saturated carbocycles. The van der Waals surface area contributed by atoms with Gasteiger partial charge in [0.1, 0.15) is 5.01 Å². The van der Waals surface area contributed by atoms with Gasteiger partial charge in [0.25, 0.3) is 0 Å². The highest BCUT2D eigenvalue weighted by atomic mass is 32.2. The van der Waals surface area contributed by atoms with Crippen LogP contribution >= 0.6 is 23.1 Å². The van der Waals surface area contributed by atoms with E-state index in [2.05, 4.69) is 4.98 Å². The highest BCUT2D eigenvalue weighted by Gasteiger charge is 2.25. The SMILES string of the molecule is CN(Cc1nc2ccccc2s1)C(=O)CCN1C(=O)CSc2ccccc21. The van der Waals surface area contributed by atoms with Crippen LogP contribution in [0.25, 0.3) is 10.2 Å². The number of carbonyl (C=O) groups excluding carboxylic acids is 2. The molecule has 27 heavy (non-hydrogen) atoms. The molecule has 0 aliphatic carbocycles. The number of benzene rings is 2. The van der Waals surface area contributed by atoms with Gasteiger partial charge in [-0.15, -0.1) is 23.1 Å². The zero-order valence-electron chi connectivity index (χ0n) is 14.9. The van der Waals surface area contributed by atoms with Crippen molar-refractivity contribution in [1.29, 1.82) is 0 Å². The lowest BCUT2D eigenvalue weighted by molar-refractivity contribution is -0.130. The van der Waals surface area contributed by atoms with Gasteiger partial charge in [-0.3, -0.25) is 9.59 Å². The second-order valence-electron chi connectivity index (χ2n) is 6.38. The standard InChI is InChI=1S/C20H19N3O2S2/c1-22(12-18-21-14-6-2-4-8-16(14)27-18)19(24)10-11-23-15-7-3-5-9-17(15)26-13-20(23)25/h2-9H,10-13H2,1H3. The van der Waals surface area contributed by atoms with Gasteiger partial charge in [-0.25, -0.2) is 4.98 Å². The number of anilines is 1. The minimum absolute atomic E-state index is 0.0118. The van der Waals surface area contributed by atoms with E-state index in [0.29, 0.717) is 25.3 Å². The maximum Gasteiger partial charge on any atom is 0.237 e. The van der Waals surface area contributed by atoms with Crippen LogP contribution in [0.5, 0.6) is 0 Å². The molecule has 0 atom stereocenters. The monoisotopic (exact) mass is 397 g/mol. The second kappa shape index (κ2) is 7.70. The molecule has 0 saturated heterocycles. The minimum atomic E-state index is 0.0118. The number of rotatable bonds is 5. The fourth-order valence-electron chi connectivity index (χ4n) is 3.08. The van der Waals surface area contributed by atoms with Crippen molar-refractivity contribution >= 4 is 50.8 Å². The smallest absolute Gasteiger partial charge is 0.237 e. The number of para-hydroxylation sites is 2. The molecule has 0 N–H and O–H groups in total. The number of nitrogens with zero attached hydrogens (tertiary/aromatic N) is 3. The van der Waals surface area contributed by atoms with E-state index in [1.54, 1.807) is 39.9 Å². The van der Waals surface area contributed by atoms with E-state index in [1.807, 2.05) is 48.5 Å².